The monoisotopic (exact) mass is 533 g/mol. The number of amides is 1. The summed E-state index contributed by atoms with van der Waals surface area (Å²) < 4.78 is 0. The van der Waals surface area contributed by atoms with Crippen molar-refractivity contribution in [3.8, 4) is 11.1 Å². The van der Waals surface area contributed by atoms with E-state index in [9.17, 15) is 15.0 Å². The number of rotatable bonds is 9. The summed E-state index contributed by atoms with van der Waals surface area (Å²) in [5.74, 6) is -0.802. The Morgan fingerprint density at radius 3 is 2.66 bits per heavy atom. The number of carbonyl (C=O) groups is 1. The predicted octanol–water partition coefficient (Wildman–Crippen LogP) is 4.32. The predicted molar refractivity (Wildman–Crippen MR) is 148 cm³/mol. The van der Waals surface area contributed by atoms with Gasteiger partial charge in [0.05, 0.1) is 19.3 Å². The lowest BCUT2D eigenvalue weighted by Gasteiger charge is -2.24. The molecule has 3 aromatic carbocycles. The average Bonchev–Trinajstić information content (AvgIpc) is 3.50. The van der Waals surface area contributed by atoms with E-state index >= 15 is 0 Å². The third-order valence-electron chi connectivity index (χ3n) is 7.16. The van der Waals surface area contributed by atoms with Gasteiger partial charge < -0.3 is 20.5 Å². The van der Waals surface area contributed by atoms with E-state index in [1.807, 2.05) is 72.9 Å². The fourth-order valence-corrected chi connectivity index (χ4v) is 5.36. The first kappa shape index (κ1) is 26.4. The lowest BCUT2D eigenvalue weighted by atomic mass is 9.92. The Morgan fingerprint density at radius 2 is 1.89 bits per heavy atom. The number of halogens is 1. The molecule has 8 heteroatoms. The van der Waals surface area contributed by atoms with Crippen LogP contribution in [0.3, 0.4) is 0 Å². The number of para-hydroxylation sites is 1. The van der Waals surface area contributed by atoms with Gasteiger partial charge in [0.2, 0.25) is 5.91 Å². The number of nitrogens with zero attached hydrogens (tertiary/aromatic N) is 1. The summed E-state index contributed by atoms with van der Waals surface area (Å²) in [7, 11) is 0. The minimum Gasteiger partial charge on any atom is -0.396 e. The fourth-order valence-electron chi connectivity index (χ4n) is 5.24. The molecule has 1 aromatic heterocycles. The molecule has 4 atom stereocenters. The van der Waals surface area contributed by atoms with Gasteiger partial charge in [-0.05, 0) is 59.9 Å². The molecule has 0 unspecified atom stereocenters. The van der Waals surface area contributed by atoms with Crippen molar-refractivity contribution in [1.82, 2.24) is 15.4 Å². The van der Waals surface area contributed by atoms with Crippen LogP contribution in [0.25, 0.3) is 22.0 Å². The van der Waals surface area contributed by atoms with E-state index in [0.29, 0.717) is 24.5 Å². The van der Waals surface area contributed by atoms with Crippen molar-refractivity contribution in [3.63, 3.8) is 0 Å². The number of aliphatic hydroxyl groups excluding tert-OH is 2. The molecule has 0 spiro atoms. The Bertz CT molecular complexity index is 1390. The topological polar surface area (TPSA) is 97.8 Å². The quantitative estimate of drug-likeness (QED) is 0.257. The number of benzene rings is 3. The first-order valence-electron chi connectivity index (χ1n) is 12.8. The van der Waals surface area contributed by atoms with Gasteiger partial charge in [-0.25, -0.2) is 0 Å². The van der Waals surface area contributed by atoms with Gasteiger partial charge in [-0.2, -0.15) is 5.06 Å². The molecule has 1 saturated heterocycles. The van der Waals surface area contributed by atoms with Gasteiger partial charge in [-0.3, -0.25) is 9.63 Å². The minimum absolute atomic E-state index is 0.235. The maximum atomic E-state index is 13.4. The summed E-state index contributed by atoms with van der Waals surface area (Å²) in [5.41, 5.74) is 5.17. The third-order valence-corrected chi connectivity index (χ3v) is 7.41. The molecular weight excluding hydrogens is 502 g/mol. The van der Waals surface area contributed by atoms with Crippen LogP contribution in [0.1, 0.15) is 18.1 Å². The summed E-state index contributed by atoms with van der Waals surface area (Å²) in [6.07, 6.45) is 1.09. The van der Waals surface area contributed by atoms with Crippen LogP contribution >= 0.6 is 11.6 Å². The number of nitrogens with one attached hydrogen (secondary N) is 2. The van der Waals surface area contributed by atoms with Crippen LogP contribution in [0.2, 0.25) is 5.02 Å². The van der Waals surface area contributed by atoms with Gasteiger partial charge in [0.15, 0.2) is 0 Å². The van der Waals surface area contributed by atoms with Crippen molar-refractivity contribution in [1.29, 1.82) is 0 Å². The molecule has 7 nitrogen and oxygen atoms in total. The molecule has 198 valence electrons. The summed E-state index contributed by atoms with van der Waals surface area (Å²) >= 11 is 6.04. The highest BCUT2D eigenvalue weighted by atomic mass is 35.5. The van der Waals surface area contributed by atoms with Crippen LogP contribution in [-0.4, -0.2) is 57.6 Å². The van der Waals surface area contributed by atoms with Crippen molar-refractivity contribution < 1.29 is 19.8 Å². The zero-order chi connectivity index (χ0) is 26.6. The van der Waals surface area contributed by atoms with Gasteiger partial charge in [-0.1, -0.05) is 60.1 Å². The highest BCUT2D eigenvalue weighted by Crippen LogP contribution is 2.32. The molecule has 0 aliphatic carbocycles. The molecule has 38 heavy (non-hydrogen) atoms. The molecule has 1 aliphatic heterocycles. The summed E-state index contributed by atoms with van der Waals surface area (Å²) in [5, 5.41) is 27.0. The zero-order valence-corrected chi connectivity index (χ0v) is 21.9. The molecule has 1 amide bonds. The van der Waals surface area contributed by atoms with Gasteiger partial charge in [-0.15, -0.1) is 0 Å². The smallest absolute Gasteiger partial charge is 0.240 e. The standard InChI is InChI=1S/C30H32ClN3O4/c1-19(36)29-26(18-35)28(30(37)32-14-13-23-16-33-27-8-3-2-7-25(23)27)34(38-29)17-20-5-4-6-22(15-20)21-9-11-24(31)12-10-21/h2-12,15-16,19,26,28-29,33,35-36H,13-14,17-18H2,1H3,(H,32,37)/t19-,26+,28+,29+/m0/s1. The van der Waals surface area contributed by atoms with E-state index in [1.54, 1.807) is 12.0 Å². The average molecular weight is 534 g/mol. The van der Waals surface area contributed by atoms with Crippen molar-refractivity contribution in [2.75, 3.05) is 13.2 Å². The number of aromatic amines is 1. The number of aliphatic hydroxyl groups is 2. The van der Waals surface area contributed by atoms with Crippen LogP contribution in [0.4, 0.5) is 0 Å². The van der Waals surface area contributed by atoms with Gasteiger partial charge in [0.1, 0.15) is 12.1 Å². The second-order valence-corrected chi connectivity index (χ2v) is 10.2. The molecule has 1 aliphatic rings. The second-order valence-electron chi connectivity index (χ2n) is 9.78. The SMILES string of the molecule is C[C@H](O)[C@H]1ON(Cc2cccc(-c3ccc(Cl)cc3)c2)[C@@H](C(=O)NCCc2c[nH]c3ccccc23)[C@H]1CO. The van der Waals surface area contributed by atoms with Gasteiger partial charge in [0.25, 0.3) is 0 Å². The highest BCUT2D eigenvalue weighted by molar-refractivity contribution is 6.30. The number of H-pyrrole nitrogens is 1. The first-order chi connectivity index (χ1) is 18.4. The number of carbonyl (C=O) groups excluding carboxylic acids is 1. The summed E-state index contributed by atoms with van der Waals surface area (Å²) in [6.45, 7) is 2.09. The van der Waals surface area contributed by atoms with Crippen molar-refractivity contribution in [2.45, 2.75) is 38.1 Å². The Morgan fingerprint density at radius 1 is 1.11 bits per heavy atom. The number of hydroxylamine groups is 2. The summed E-state index contributed by atoms with van der Waals surface area (Å²) in [4.78, 5) is 22.8. The molecule has 0 bridgehead atoms. The van der Waals surface area contributed by atoms with Crippen LogP contribution < -0.4 is 5.32 Å². The Kier molecular flexibility index (Phi) is 8.12. The van der Waals surface area contributed by atoms with Crippen molar-refractivity contribution >= 4 is 28.4 Å². The molecule has 0 saturated carbocycles. The number of aromatic nitrogens is 1. The summed E-state index contributed by atoms with van der Waals surface area (Å²) in [6, 6.07) is 22.9. The van der Waals surface area contributed by atoms with E-state index in [4.69, 9.17) is 16.4 Å². The molecule has 1 fully saturated rings. The molecule has 2 heterocycles. The lowest BCUT2D eigenvalue weighted by molar-refractivity contribution is -0.192. The maximum absolute atomic E-state index is 13.4. The lowest BCUT2D eigenvalue weighted by Crippen LogP contribution is -2.48. The Balaban J connectivity index is 1.31. The van der Waals surface area contributed by atoms with Crippen LogP contribution in [0.5, 0.6) is 0 Å². The molecular formula is C30H32ClN3O4. The van der Waals surface area contributed by atoms with E-state index in [1.165, 1.54) is 0 Å². The van der Waals surface area contributed by atoms with Gasteiger partial charge in [0, 0.05) is 34.6 Å². The van der Waals surface area contributed by atoms with E-state index < -0.39 is 24.2 Å². The van der Waals surface area contributed by atoms with Crippen molar-refractivity contribution in [3.05, 3.63) is 95.1 Å². The fraction of sp³-hybridized carbons (Fsp3) is 0.300. The normalized spacial score (nSPS) is 20.6. The first-order valence-corrected chi connectivity index (χ1v) is 13.2. The second kappa shape index (κ2) is 11.7. The third kappa shape index (κ3) is 5.62. The van der Waals surface area contributed by atoms with Crippen LogP contribution in [-0.2, 0) is 22.6 Å². The van der Waals surface area contributed by atoms with E-state index in [2.05, 4.69) is 16.4 Å². The van der Waals surface area contributed by atoms with Gasteiger partial charge >= 0.3 is 0 Å². The minimum atomic E-state index is -0.848. The Hall–Kier alpha value is -3.20. The zero-order valence-electron chi connectivity index (χ0n) is 21.2. The number of fused-ring (bicyclic) bond motifs is 1. The van der Waals surface area contributed by atoms with E-state index in [0.717, 1.165) is 33.2 Å². The van der Waals surface area contributed by atoms with Crippen molar-refractivity contribution in [2.24, 2.45) is 5.92 Å². The largest absolute Gasteiger partial charge is 0.396 e. The Labute approximate surface area is 227 Å². The van der Waals surface area contributed by atoms with Crippen LogP contribution in [0.15, 0.2) is 79.0 Å². The molecule has 4 N–H and O–H groups in total. The molecule has 0 radical (unpaired) electrons. The molecule has 4 aromatic rings. The molecule has 5 rings (SSSR count). The van der Waals surface area contributed by atoms with Crippen LogP contribution in [0, 0.1) is 5.92 Å². The number of hydrogen-bond donors (Lipinski definition) is 4. The van der Waals surface area contributed by atoms with E-state index in [-0.39, 0.29) is 12.5 Å². The maximum Gasteiger partial charge on any atom is 0.240 e. The number of hydrogen-bond acceptors (Lipinski definition) is 5. The highest BCUT2D eigenvalue weighted by Gasteiger charge is 2.48.